The second-order valence-corrected chi connectivity index (χ2v) is 19.9. The smallest absolute Gasteiger partial charge is 0.326 e. The summed E-state index contributed by atoms with van der Waals surface area (Å²) >= 11 is 0. The van der Waals surface area contributed by atoms with Crippen molar-refractivity contribution >= 4 is 51.2 Å². The SMILES string of the molecule is CC(C)C[C@H](NC(=O)[C@@H](NC(=O)CCCCCCCCCCCCCCC(=O)N[C@@H](CS(C)(=O)=O)C(=O)N[C@@H](Cc1ccccc1)C(=O)O)C(C)O)C(=O)N[C@@H](Cc1ccccc1)C(N)=O. The molecule has 0 aromatic heterocycles. The molecular formula is C48H74N6O11S. The van der Waals surface area contributed by atoms with E-state index < -0.39 is 87.4 Å². The Morgan fingerprint density at radius 1 is 0.545 bits per heavy atom. The van der Waals surface area contributed by atoms with Crippen molar-refractivity contribution in [2.45, 2.75) is 166 Å². The number of aliphatic hydroxyl groups excluding tert-OH is 1. The van der Waals surface area contributed by atoms with Crippen molar-refractivity contribution in [2.75, 3.05) is 12.0 Å². The number of unbranched alkanes of at least 4 members (excludes halogenated alkanes) is 11. The van der Waals surface area contributed by atoms with Crippen LogP contribution in [0.5, 0.6) is 0 Å². The van der Waals surface area contributed by atoms with E-state index in [1.807, 2.05) is 44.2 Å². The monoisotopic (exact) mass is 943 g/mol. The molecule has 0 radical (unpaired) electrons. The van der Waals surface area contributed by atoms with Crippen molar-refractivity contribution in [1.82, 2.24) is 26.6 Å². The van der Waals surface area contributed by atoms with Gasteiger partial charge in [-0.1, -0.05) is 139 Å². The number of primary amides is 1. The number of amides is 6. The van der Waals surface area contributed by atoms with E-state index >= 15 is 0 Å². The second kappa shape index (κ2) is 30.8. The molecule has 2 rings (SSSR count). The zero-order valence-electron chi connectivity index (χ0n) is 39.1. The molecule has 2 aromatic carbocycles. The molecule has 9 N–H and O–H groups in total. The van der Waals surface area contributed by atoms with Crippen LogP contribution >= 0.6 is 0 Å². The summed E-state index contributed by atoms with van der Waals surface area (Å²) in [6, 6.07) is 11.7. The third kappa shape index (κ3) is 24.8. The van der Waals surface area contributed by atoms with Gasteiger partial charge in [-0.05, 0) is 43.2 Å². The standard InChI is InChI=1S/C48H74N6O11S/c1-33(2)29-38(45(59)51-37(44(49)58)30-35-23-17-15-18-24-35)52-47(61)43(34(3)55)54-42(57)28-22-14-12-10-8-6-5-7-9-11-13-21-27-41(56)50-40(32-66(4,64)65)46(60)53-39(48(62)63)31-36-25-19-16-20-26-36/h15-20,23-26,33-34,37-40,43,55H,5-14,21-22,27-32H2,1-4H3,(H2,49,58)(H,50,56)(H,51,59)(H,52,61)(H,53,60)(H,54,57)(H,62,63)/t34?,37-,38-,39-,40-,43-/m0/s1. The first-order valence-electron chi connectivity index (χ1n) is 23.2. The summed E-state index contributed by atoms with van der Waals surface area (Å²) in [6.07, 6.45) is 11.3. The molecule has 368 valence electrons. The first-order chi connectivity index (χ1) is 31.2. The third-order valence-electron chi connectivity index (χ3n) is 10.9. The molecule has 0 aliphatic carbocycles. The van der Waals surface area contributed by atoms with E-state index in [-0.39, 0.29) is 43.9 Å². The van der Waals surface area contributed by atoms with E-state index in [1.165, 1.54) is 6.92 Å². The number of hydrogen-bond acceptors (Lipinski definition) is 10. The summed E-state index contributed by atoms with van der Waals surface area (Å²) in [5.74, 6) is -5.71. The average Bonchev–Trinajstić information content (AvgIpc) is 3.24. The first kappa shape index (κ1) is 56.8. The molecule has 0 spiro atoms. The van der Waals surface area contributed by atoms with E-state index in [0.717, 1.165) is 76.0 Å². The lowest BCUT2D eigenvalue weighted by atomic mass is 10.0. The number of carbonyl (C=O) groups is 7. The zero-order valence-corrected chi connectivity index (χ0v) is 39.9. The third-order valence-corrected chi connectivity index (χ3v) is 11.9. The van der Waals surface area contributed by atoms with Crippen molar-refractivity contribution in [2.24, 2.45) is 11.7 Å². The van der Waals surface area contributed by atoms with Crippen molar-refractivity contribution in [3.63, 3.8) is 0 Å². The lowest BCUT2D eigenvalue weighted by molar-refractivity contribution is -0.142. The van der Waals surface area contributed by atoms with Crippen LogP contribution in [0.1, 0.15) is 128 Å². The molecule has 0 saturated carbocycles. The van der Waals surface area contributed by atoms with Gasteiger partial charge in [-0.25, -0.2) is 13.2 Å². The van der Waals surface area contributed by atoms with Gasteiger partial charge in [0.15, 0.2) is 0 Å². The molecule has 66 heavy (non-hydrogen) atoms. The number of aliphatic carboxylic acids is 1. The molecule has 0 aliphatic heterocycles. The number of nitrogens with one attached hydrogen (secondary N) is 5. The maximum absolute atomic E-state index is 13.3. The number of aliphatic hydroxyl groups is 1. The van der Waals surface area contributed by atoms with Crippen LogP contribution in [0, 0.1) is 5.92 Å². The highest BCUT2D eigenvalue weighted by molar-refractivity contribution is 7.90. The summed E-state index contributed by atoms with van der Waals surface area (Å²) in [5, 5.41) is 32.8. The van der Waals surface area contributed by atoms with Gasteiger partial charge in [-0.3, -0.25) is 28.8 Å². The topological polar surface area (TPSA) is 280 Å². The van der Waals surface area contributed by atoms with Gasteiger partial charge in [0.05, 0.1) is 11.9 Å². The molecule has 6 amide bonds. The summed E-state index contributed by atoms with van der Waals surface area (Å²) in [7, 11) is -3.68. The summed E-state index contributed by atoms with van der Waals surface area (Å²) in [5.41, 5.74) is 7.06. The minimum Gasteiger partial charge on any atom is -0.480 e. The van der Waals surface area contributed by atoms with E-state index in [9.17, 15) is 52.2 Å². The van der Waals surface area contributed by atoms with Crippen molar-refractivity contribution in [3.8, 4) is 0 Å². The van der Waals surface area contributed by atoms with Gasteiger partial charge >= 0.3 is 5.97 Å². The average molecular weight is 943 g/mol. The van der Waals surface area contributed by atoms with E-state index in [4.69, 9.17) is 5.73 Å². The molecule has 0 fully saturated rings. The number of hydrogen-bond donors (Lipinski definition) is 8. The Morgan fingerprint density at radius 3 is 1.35 bits per heavy atom. The summed E-state index contributed by atoms with van der Waals surface area (Å²) in [4.78, 5) is 89.0. The maximum Gasteiger partial charge on any atom is 0.326 e. The van der Waals surface area contributed by atoms with Gasteiger partial charge in [0.1, 0.15) is 40.0 Å². The Balaban J connectivity index is 1.63. The number of nitrogens with two attached hydrogens (primary N) is 1. The molecular weight excluding hydrogens is 869 g/mol. The Hall–Kier alpha value is -5.36. The second-order valence-electron chi connectivity index (χ2n) is 17.7. The molecule has 0 saturated heterocycles. The minimum atomic E-state index is -3.68. The Morgan fingerprint density at radius 2 is 0.939 bits per heavy atom. The van der Waals surface area contributed by atoms with Gasteiger partial charge in [0.2, 0.25) is 35.4 Å². The number of sulfone groups is 1. The highest BCUT2D eigenvalue weighted by Crippen LogP contribution is 2.14. The van der Waals surface area contributed by atoms with E-state index in [1.54, 1.807) is 30.3 Å². The van der Waals surface area contributed by atoms with Crippen LogP contribution in [0.25, 0.3) is 0 Å². The first-order valence-corrected chi connectivity index (χ1v) is 25.3. The van der Waals surface area contributed by atoms with Crippen molar-refractivity contribution < 1.29 is 52.2 Å². The predicted molar refractivity (Wildman–Crippen MR) is 252 cm³/mol. The highest BCUT2D eigenvalue weighted by Gasteiger charge is 2.32. The van der Waals surface area contributed by atoms with Crippen LogP contribution in [-0.2, 0) is 56.2 Å². The van der Waals surface area contributed by atoms with Crippen LogP contribution in [-0.4, -0.2) is 108 Å². The molecule has 1 unspecified atom stereocenters. The fraction of sp³-hybridized carbons (Fsp3) is 0.604. The van der Waals surface area contributed by atoms with Gasteiger partial charge < -0.3 is 42.5 Å². The van der Waals surface area contributed by atoms with Crippen molar-refractivity contribution in [3.05, 3.63) is 71.8 Å². The summed E-state index contributed by atoms with van der Waals surface area (Å²) in [6.45, 7) is 5.14. The lowest BCUT2D eigenvalue weighted by Crippen LogP contribution is -2.59. The van der Waals surface area contributed by atoms with Gasteiger partial charge in [-0.15, -0.1) is 0 Å². The normalized spacial score (nSPS) is 14.2. The zero-order chi connectivity index (χ0) is 49.1. The number of carboxylic acid groups (broad SMARTS) is 1. The van der Waals surface area contributed by atoms with E-state index in [0.29, 0.717) is 18.4 Å². The van der Waals surface area contributed by atoms with Crippen LogP contribution in [0.2, 0.25) is 0 Å². The molecule has 2 aromatic rings. The van der Waals surface area contributed by atoms with Crippen LogP contribution < -0.4 is 32.3 Å². The van der Waals surface area contributed by atoms with E-state index in [2.05, 4.69) is 26.6 Å². The summed E-state index contributed by atoms with van der Waals surface area (Å²) < 4.78 is 24.1. The van der Waals surface area contributed by atoms with Crippen LogP contribution in [0.4, 0.5) is 0 Å². The van der Waals surface area contributed by atoms with Gasteiger partial charge in [0, 0.05) is 31.9 Å². The Labute approximate surface area is 390 Å². The highest BCUT2D eigenvalue weighted by atomic mass is 32.2. The number of rotatable bonds is 34. The number of benzene rings is 2. The molecule has 6 atom stereocenters. The molecule has 18 heteroatoms. The molecule has 17 nitrogen and oxygen atoms in total. The van der Waals surface area contributed by atoms with Gasteiger partial charge in [0.25, 0.3) is 0 Å². The number of carbonyl (C=O) groups excluding carboxylic acids is 6. The molecule has 0 aliphatic rings. The Kier molecular flexibility index (Phi) is 26.5. The molecule has 0 heterocycles. The van der Waals surface area contributed by atoms with Crippen LogP contribution in [0.3, 0.4) is 0 Å². The fourth-order valence-electron chi connectivity index (χ4n) is 7.37. The molecule has 0 bridgehead atoms. The predicted octanol–water partition coefficient (Wildman–Crippen LogP) is 3.40. The van der Waals surface area contributed by atoms with Crippen LogP contribution in [0.15, 0.2) is 60.7 Å². The van der Waals surface area contributed by atoms with Gasteiger partial charge in [-0.2, -0.15) is 0 Å². The largest absolute Gasteiger partial charge is 0.480 e. The number of carboxylic acids is 1. The van der Waals surface area contributed by atoms with Crippen molar-refractivity contribution in [1.29, 1.82) is 0 Å². The Bertz CT molecular complexity index is 1930. The maximum atomic E-state index is 13.3. The minimum absolute atomic E-state index is 0.00503. The lowest BCUT2D eigenvalue weighted by Gasteiger charge is -2.26. The fourth-order valence-corrected chi connectivity index (χ4v) is 8.21. The quantitative estimate of drug-likeness (QED) is 0.0471.